The molecular weight excluding hydrogens is 332 g/mol. The monoisotopic (exact) mass is 362 g/mol. The first-order valence-electron chi connectivity index (χ1n) is 10.2. The van der Waals surface area contributed by atoms with Crippen molar-refractivity contribution in [3.8, 4) is 0 Å². The van der Waals surface area contributed by atoms with Gasteiger partial charge in [0.05, 0.1) is 5.60 Å². The summed E-state index contributed by atoms with van der Waals surface area (Å²) in [7, 11) is 0. The van der Waals surface area contributed by atoms with Gasteiger partial charge in [-0.1, -0.05) is 12.1 Å². The fraction of sp³-hybridized carbons (Fsp3) is 0.842. The first kappa shape index (κ1) is 17.8. The molecule has 2 amide bonds. The van der Waals surface area contributed by atoms with Crippen molar-refractivity contribution in [1.82, 2.24) is 20.4 Å². The van der Waals surface area contributed by atoms with Crippen LogP contribution in [0.3, 0.4) is 0 Å². The highest BCUT2D eigenvalue weighted by Gasteiger charge is 2.41. The predicted octanol–water partition coefficient (Wildman–Crippen LogP) is 2.87. The molecule has 4 rings (SSSR count). The molecule has 1 spiro atoms. The summed E-state index contributed by atoms with van der Waals surface area (Å²) in [6.45, 7) is 5.15. The number of urea groups is 1. The minimum absolute atomic E-state index is 0.0634. The number of piperidine rings is 1. The summed E-state index contributed by atoms with van der Waals surface area (Å²) >= 11 is 0. The van der Waals surface area contributed by atoms with Crippen LogP contribution in [0.25, 0.3) is 0 Å². The Labute approximate surface area is 154 Å². The third-order valence-corrected chi connectivity index (χ3v) is 5.96. The molecule has 144 valence electrons. The van der Waals surface area contributed by atoms with Crippen molar-refractivity contribution in [1.29, 1.82) is 0 Å². The van der Waals surface area contributed by atoms with Crippen molar-refractivity contribution in [2.45, 2.75) is 69.8 Å². The Hall–Kier alpha value is -1.63. The van der Waals surface area contributed by atoms with Crippen LogP contribution in [0, 0.1) is 5.92 Å². The number of carbonyl (C=O) groups excluding carboxylic acids is 1. The lowest BCUT2D eigenvalue weighted by atomic mass is 9.78. The van der Waals surface area contributed by atoms with E-state index < -0.39 is 0 Å². The maximum Gasteiger partial charge on any atom is 0.317 e. The maximum atomic E-state index is 12.1. The number of hydrogen-bond acceptors (Lipinski definition) is 5. The number of nitrogens with one attached hydrogen (secondary N) is 1. The highest BCUT2D eigenvalue weighted by Crippen LogP contribution is 2.40. The van der Waals surface area contributed by atoms with Crippen LogP contribution in [0.5, 0.6) is 0 Å². The van der Waals surface area contributed by atoms with E-state index in [1.807, 2.05) is 4.90 Å². The third kappa shape index (κ3) is 4.03. The van der Waals surface area contributed by atoms with Crippen molar-refractivity contribution in [3.05, 3.63) is 11.7 Å². The van der Waals surface area contributed by atoms with Crippen molar-refractivity contribution >= 4 is 6.03 Å². The van der Waals surface area contributed by atoms with Crippen LogP contribution in [-0.4, -0.2) is 52.9 Å². The molecule has 1 unspecified atom stereocenters. The second kappa shape index (κ2) is 7.55. The van der Waals surface area contributed by atoms with Gasteiger partial charge in [0, 0.05) is 38.6 Å². The van der Waals surface area contributed by atoms with E-state index in [1.54, 1.807) is 0 Å². The Balaban J connectivity index is 1.29. The molecule has 1 N–H and O–H groups in total. The van der Waals surface area contributed by atoms with Crippen molar-refractivity contribution in [3.63, 3.8) is 0 Å². The van der Waals surface area contributed by atoms with Gasteiger partial charge < -0.3 is 19.5 Å². The summed E-state index contributed by atoms with van der Waals surface area (Å²) in [5.41, 5.74) is -0.0759. The van der Waals surface area contributed by atoms with E-state index >= 15 is 0 Å². The number of nitrogens with zero attached hydrogens (tertiary/aromatic N) is 3. The third-order valence-electron chi connectivity index (χ3n) is 5.96. The normalized spacial score (nSPS) is 25.4. The summed E-state index contributed by atoms with van der Waals surface area (Å²) in [5, 5.41) is 7.15. The number of likely N-dealkylation sites (tertiary alicyclic amines) is 1. The van der Waals surface area contributed by atoms with Crippen LogP contribution >= 0.6 is 0 Å². The van der Waals surface area contributed by atoms with E-state index in [0.29, 0.717) is 11.8 Å². The Bertz CT molecular complexity index is 620. The molecule has 2 saturated heterocycles. The average Bonchev–Trinajstić information content (AvgIpc) is 3.40. The summed E-state index contributed by atoms with van der Waals surface area (Å²) in [4.78, 5) is 18.7. The molecule has 0 aromatic carbocycles. The summed E-state index contributed by atoms with van der Waals surface area (Å²) in [6.07, 6.45) is 8.13. The molecule has 1 aromatic heterocycles. The Morgan fingerprint density at radius 2 is 2.12 bits per heavy atom. The molecule has 2 aliphatic heterocycles. The average molecular weight is 362 g/mol. The van der Waals surface area contributed by atoms with Gasteiger partial charge in [-0.2, -0.15) is 4.98 Å². The minimum atomic E-state index is -0.0759. The van der Waals surface area contributed by atoms with E-state index in [0.717, 1.165) is 76.5 Å². The number of aromatic nitrogens is 2. The molecule has 7 heteroatoms. The van der Waals surface area contributed by atoms with E-state index in [9.17, 15) is 4.79 Å². The molecule has 26 heavy (non-hydrogen) atoms. The van der Waals surface area contributed by atoms with E-state index in [4.69, 9.17) is 9.26 Å². The first-order valence-corrected chi connectivity index (χ1v) is 10.2. The van der Waals surface area contributed by atoms with Crippen LogP contribution in [-0.2, 0) is 11.2 Å². The van der Waals surface area contributed by atoms with E-state index in [2.05, 4.69) is 22.4 Å². The zero-order valence-electron chi connectivity index (χ0n) is 15.7. The lowest BCUT2D eigenvalue weighted by Crippen LogP contribution is -2.53. The van der Waals surface area contributed by atoms with Crippen LogP contribution in [0.15, 0.2) is 4.52 Å². The number of ether oxygens (including phenoxy) is 1. The second-order valence-corrected chi connectivity index (χ2v) is 8.14. The fourth-order valence-electron chi connectivity index (χ4n) is 4.22. The van der Waals surface area contributed by atoms with Crippen LogP contribution in [0.2, 0.25) is 0 Å². The molecule has 1 atom stereocenters. The SMILES string of the molecule is CCCNC(=O)N1CCC2(CC1)CC(Cc1noc(C3CC3)n1)CCO2. The number of hydrogen-bond donors (Lipinski definition) is 1. The molecule has 0 radical (unpaired) electrons. The van der Waals surface area contributed by atoms with Crippen LogP contribution in [0.4, 0.5) is 4.79 Å². The molecule has 3 aliphatic rings. The van der Waals surface area contributed by atoms with Crippen molar-refractivity contribution in [2.24, 2.45) is 5.92 Å². The highest BCUT2D eigenvalue weighted by molar-refractivity contribution is 5.74. The summed E-state index contributed by atoms with van der Waals surface area (Å²) in [6, 6.07) is 0.0634. The summed E-state index contributed by atoms with van der Waals surface area (Å²) in [5.74, 6) is 2.73. The predicted molar refractivity (Wildman–Crippen MR) is 95.9 cm³/mol. The summed E-state index contributed by atoms with van der Waals surface area (Å²) < 4.78 is 11.6. The molecular formula is C19H30N4O3. The molecule has 0 bridgehead atoms. The number of rotatable bonds is 5. The topological polar surface area (TPSA) is 80.5 Å². The molecule has 7 nitrogen and oxygen atoms in total. The highest BCUT2D eigenvalue weighted by atomic mass is 16.5. The lowest BCUT2D eigenvalue weighted by molar-refractivity contribution is -0.123. The standard InChI is InChI=1S/C19H30N4O3/c1-2-8-20-18(24)23-9-6-19(7-10-23)13-14(5-11-25-19)12-16-21-17(26-22-16)15-3-4-15/h14-15H,2-13H2,1H3,(H,20,24). The Morgan fingerprint density at radius 3 is 2.85 bits per heavy atom. The van der Waals surface area contributed by atoms with Gasteiger partial charge >= 0.3 is 6.03 Å². The van der Waals surface area contributed by atoms with Gasteiger partial charge in [0.1, 0.15) is 0 Å². The van der Waals surface area contributed by atoms with Gasteiger partial charge in [-0.05, 0) is 50.9 Å². The van der Waals surface area contributed by atoms with Gasteiger partial charge in [-0.15, -0.1) is 0 Å². The number of amides is 2. The van der Waals surface area contributed by atoms with Gasteiger partial charge in [0.2, 0.25) is 5.89 Å². The number of carbonyl (C=O) groups is 1. The van der Waals surface area contributed by atoms with E-state index in [1.165, 1.54) is 12.8 Å². The largest absolute Gasteiger partial charge is 0.375 e. The van der Waals surface area contributed by atoms with Gasteiger partial charge in [-0.3, -0.25) is 0 Å². The molecule has 1 aliphatic carbocycles. The Kier molecular flexibility index (Phi) is 5.16. The molecule has 3 heterocycles. The molecule has 1 saturated carbocycles. The van der Waals surface area contributed by atoms with Crippen LogP contribution in [0.1, 0.15) is 69.5 Å². The van der Waals surface area contributed by atoms with Crippen molar-refractivity contribution in [2.75, 3.05) is 26.2 Å². The van der Waals surface area contributed by atoms with Crippen LogP contribution < -0.4 is 5.32 Å². The second-order valence-electron chi connectivity index (χ2n) is 8.14. The smallest absolute Gasteiger partial charge is 0.317 e. The molecule has 1 aromatic rings. The molecule has 3 fully saturated rings. The van der Waals surface area contributed by atoms with Gasteiger partial charge in [0.25, 0.3) is 0 Å². The fourth-order valence-corrected chi connectivity index (χ4v) is 4.22. The first-order chi connectivity index (χ1) is 12.7. The van der Waals surface area contributed by atoms with Gasteiger partial charge in [0.15, 0.2) is 5.82 Å². The lowest BCUT2D eigenvalue weighted by Gasteiger charge is -2.46. The van der Waals surface area contributed by atoms with E-state index in [-0.39, 0.29) is 11.6 Å². The maximum absolute atomic E-state index is 12.1. The van der Waals surface area contributed by atoms with Gasteiger partial charge in [-0.25, -0.2) is 4.79 Å². The van der Waals surface area contributed by atoms with Crippen molar-refractivity contribution < 1.29 is 14.1 Å². The zero-order chi connectivity index (χ0) is 18.0. The quantitative estimate of drug-likeness (QED) is 0.871. The Morgan fingerprint density at radius 1 is 1.31 bits per heavy atom. The minimum Gasteiger partial charge on any atom is -0.375 e. The zero-order valence-corrected chi connectivity index (χ0v) is 15.7.